The van der Waals surface area contributed by atoms with Crippen LogP contribution < -0.4 is 5.32 Å². The number of halogens is 2. The normalized spacial score (nSPS) is 12.9. The minimum absolute atomic E-state index is 0.122. The van der Waals surface area contributed by atoms with Crippen molar-refractivity contribution in [3.63, 3.8) is 0 Å². The van der Waals surface area contributed by atoms with Crippen molar-refractivity contribution in [2.75, 3.05) is 7.05 Å². The van der Waals surface area contributed by atoms with E-state index >= 15 is 0 Å². The second kappa shape index (κ2) is 6.37. The molecule has 0 saturated heterocycles. The molecule has 0 bridgehead atoms. The van der Waals surface area contributed by atoms with Gasteiger partial charge in [-0.2, -0.15) is 0 Å². The number of likely N-dealkylation sites (N-methyl/N-ethyl adjacent to an activating group) is 1. The Labute approximate surface area is 121 Å². The van der Waals surface area contributed by atoms with Gasteiger partial charge in [-0.1, -0.05) is 18.3 Å². The van der Waals surface area contributed by atoms with Crippen molar-refractivity contribution >= 4 is 11.5 Å². The van der Waals surface area contributed by atoms with Crippen LogP contribution in [0.25, 0.3) is 0 Å². The van der Waals surface area contributed by atoms with Gasteiger partial charge in [0, 0.05) is 6.04 Å². The second-order valence-corrected chi connectivity index (χ2v) is 5.74. The maximum absolute atomic E-state index is 13.7. The van der Waals surface area contributed by atoms with Gasteiger partial charge in [0.05, 0.1) is 10.6 Å². The molecule has 20 heavy (non-hydrogen) atoms. The molecule has 108 valence electrons. The lowest BCUT2D eigenvalue weighted by atomic mass is 10.00. The SMILES string of the molecule is CNC(Cc1cc(F)ccc1F)c1snnc1C(C)C. The van der Waals surface area contributed by atoms with Gasteiger partial charge in [0.15, 0.2) is 0 Å². The van der Waals surface area contributed by atoms with Crippen molar-refractivity contribution < 1.29 is 8.78 Å². The highest BCUT2D eigenvalue weighted by atomic mass is 32.1. The van der Waals surface area contributed by atoms with Crippen molar-refractivity contribution in [2.45, 2.75) is 32.2 Å². The van der Waals surface area contributed by atoms with E-state index in [1.807, 2.05) is 13.8 Å². The molecule has 0 fully saturated rings. The molecule has 1 aromatic heterocycles. The fourth-order valence-corrected chi connectivity index (χ4v) is 3.01. The van der Waals surface area contributed by atoms with Crippen LogP contribution in [0.5, 0.6) is 0 Å². The number of hydrogen-bond acceptors (Lipinski definition) is 4. The molecule has 1 heterocycles. The van der Waals surface area contributed by atoms with Gasteiger partial charge < -0.3 is 5.32 Å². The van der Waals surface area contributed by atoms with Crippen molar-refractivity contribution in [2.24, 2.45) is 0 Å². The lowest BCUT2D eigenvalue weighted by Crippen LogP contribution is -2.20. The monoisotopic (exact) mass is 297 g/mol. The van der Waals surface area contributed by atoms with Crippen molar-refractivity contribution in [1.82, 2.24) is 14.9 Å². The molecule has 1 atom stereocenters. The Kier molecular flexibility index (Phi) is 4.77. The molecule has 0 aliphatic carbocycles. The van der Waals surface area contributed by atoms with E-state index in [9.17, 15) is 8.78 Å². The maximum Gasteiger partial charge on any atom is 0.126 e. The average Bonchev–Trinajstić information content (AvgIpc) is 2.89. The quantitative estimate of drug-likeness (QED) is 0.918. The molecule has 1 aromatic carbocycles. The van der Waals surface area contributed by atoms with E-state index in [-0.39, 0.29) is 12.0 Å². The molecule has 2 rings (SSSR count). The lowest BCUT2D eigenvalue weighted by Gasteiger charge is -2.17. The molecule has 1 N–H and O–H groups in total. The summed E-state index contributed by atoms with van der Waals surface area (Å²) in [6.45, 7) is 4.07. The summed E-state index contributed by atoms with van der Waals surface area (Å²) in [4.78, 5) is 0.978. The number of aromatic nitrogens is 2. The molecule has 2 aromatic rings. The van der Waals surface area contributed by atoms with E-state index in [1.165, 1.54) is 17.6 Å². The second-order valence-electron chi connectivity index (χ2n) is 4.96. The summed E-state index contributed by atoms with van der Waals surface area (Å²) in [6, 6.07) is 3.40. The molecule has 6 heteroatoms. The van der Waals surface area contributed by atoms with Gasteiger partial charge in [-0.3, -0.25) is 0 Å². The van der Waals surface area contributed by atoms with E-state index in [4.69, 9.17) is 0 Å². The first-order valence-electron chi connectivity index (χ1n) is 6.46. The van der Waals surface area contributed by atoms with Crippen LogP contribution in [0.3, 0.4) is 0 Å². The van der Waals surface area contributed by atoms with Gasteiger partial charge in [0.2, 0.25) is 0 Å². The Morgan fingerprint density at radius 3 is 2.70 bits per heavy atom. The zero-order valence-electron chi connectivity index (χ0n) is 11.7. The van der Waals surface area contributed by atoms with Crippen LogP contribution in [0.1, 0.15) is 41.9 Å². The van der Waals surface area contributed by atoms with Crippen LogP contribution in [0.2, 0.25) is 0 Å². The number of nitrogens with one attached hydrogen (secondary N) is 1. The minimum Gasteiger partial charge on any atom is -0.312 e. The smallest absolute Gasteiger partial charge is 0.126 e. The highest BCUT2D eigenvalue weighted by Crippen LogP contribution is 2.29. The molecule has 0 radical (unpaired) electrons. The van der Waals surface area contributed by atoms with Gasteiger partial charge in [0.1, 0.15) is 11.6 Å². The van der Waals surface area contributed by atoms with Crippen LogP contribution in [-0.2, 0) is 6.42 Å². The minimum atomic E-state index is -0.428. The number of benzene rings is 1. The molecule has 0 spiro atoms. The molecule has 0 aliphatic heterocycles. The summed E-state index contributed by atoms with van der Waals surface area (Å²) in [7, 11) is 1.80. The van der Waals surface area contributed by atoms with E-state index in [1.54, 1.807) is 7.05 Å². The van der Waals surface area contributed by atoms with E-state index < -0.39 is 11.6 Å². The molecular weight excluding hydrogens is 280 g/mol. The third-order valence-corrected chi connectivity index (χ3v) is 4.04. The summed E-state index contributed by atoms with van der Waals surface area (Å²) in [6.07, 6.45) is 0.365. The third kappa shape index (κ3) is 3.19. The van der Waals surface area contributed by atoms with Crippen molar-refractivity contribution in [3.05, 3.63) is 46.0 Å². The Morgan fingerprint density at radius 2 is 2.05 bits per heavy atom. The topological polar surface area (TPSA) is 37.8 Å². The summed E-state index contributed by atoms with van der Waals surface area (Å²) in [5.41, 5.74) is 1.26. The Morgan fingerprint density at radius 1 is 1.30 bits per heavy atom. The van der Waals surface area contributed by atoms with Crippen LogP contribution >= 0.6 is 11.5 Å². The highest BCUT2D eigenvalue weighted by Gasteiger charge is 2.21. The lowest BCUT2D eigenvalue weighted by molar-refractivity contribution is 0.543. The van der Waals surface area contributed by atoms with E-state index in [2.05, 4.69) is 14.9 Å². The van der Waals surface area contributed by atoms with Gasteiger partial charge in [-0.15, -0.1) is 5.10 Å². The van der Waals surface area contributed by atoms with Gasteiger partial charge in [-0.05, 0) is 54.7 Å². The first-order chi connectivity index (χ1) is 9.52. The summed E-state index contributed by atoms with van der Waals surface area (Å²) in [5, 5.41) is 7.26. The van der Waals surface area contributed by atoms with E-state index in [0.717, 1.165) is 22.7 Å². The third-order valence-electron chi connectivity index (χ3n) is 3.18. The Bertz CT molecular complexity index is 584. The molecule has 1 unspecified atom stereocenters. The summed E-state index contributed by atoms with van der Waals surface area (Å²) in [5.74, 6) is -0.574. The standard InChI is InChI=1S/C14H17F2N3S/c1-8(2)13-14(20-19-18-13)12(17-3)7-9-6-10(15)4-5-11(9)16/h4-6,8,12,17H,7H2,1-3H3. The number of nitrogens with zero attached hydrogens (tertiary/aromatic N) is 2. The number of rotatable bonds is 5. The maximum atomic E-state index is 13.7. The molecular formula is C14H17F2N3S. The van der Waals surface area contributed by atoms with E-state index in [0.29, 0.717) is 12.0 Å². The predicted molar refractivity (Wildman–Crippen MR) is 75.9 cm³/mol. The molecule has 3 nitrogen and oxygen atoms in total. The predicted octanol–water partition coefficient (Wildman–Crippen LogP) is 3.44. The highest BCUT2D eigenvalue weighted by molar-refractivity contribution is 7.05. The number of hydrogen-bond donors (Lipinski definition) is 1. The van der Waals surface area contributed by atoms with Gasteiger partial charge >= 0.3 is 0 Å². The first kappa shape index (κ1) is 15.0. The van der Waals surface area contributed by atoms with Crippen molar-refractivity contribution in [1.29, 1.82) is 0 Å². The Balaban J connectivity index is 2.29. The van der Waals surface area contributed by atoms with Crippen LogP contribution in [-0.4, -0.2) is 16.6 Å². The zero-order chi connectivity index (χ0) is 14.7. The largest absolute Gasteiger partial charge is 0.312 e. The van der Waals surface area contributed by atoms with Crippen LogP contribution in [0.4, 0.5) is 8.78 Å². The van der Waals surface area contributed by atoms with Gasteiger partial charge in [-0.25, -0.2) is 8.78 Å². The first-order valence-corrected chi connectivity index (χ1v) is 7.23. The molecule has 0 amide bonds. The summed E-state index contributed by atoms with van der Waals surface area (Å²) >= 11 is 1.30. The summed E-state index contributed by atoms with van der Waals surface area (Å²) < 4.78 is 31.0. The molecule has 0 aliphatic rings. The molecule has 0 saturated carbocycles. The zero-order valence-corrected chi connectivity index (χ0v) is 12.5. The Hall–Kier alpha value is -1.40. The van der Waals surface area contributed by atoms with Crippen LogP contribution in [0.15, 0.2) is 18.2 Å². The van der Waals surface area contributed by atoms with Gasteiger partial charge in [0.25, 0.3) is 0 Å². The van der Waals surface area contributed by atoms with Crippen molar-refractivity contribution in [3.8, 4) is 0 Å². The average molecular weight is 297 g/mol. The van der Waals surface area contributed by atoms with Crippen LogP contribution in [0, 0.1) is 11.6 Å². The fourth-order valence-electron chi connectivity index (χ4n) is 2.09. The fraction of sp³-hybridized carbons (Fsp3) is 0.429.